The third kappa shape index (κ3) is 1.69. The van der Waals surface area contributed by atoms with E-state index in [1.165, 1.54) is 0 Å². The number of nitrogens with zero attached hydrogens (tertiary/aromatic N) is 2. The number of carbonyl (C=O) groups excluding carboxylic acids is 1. The lowest BCUT2D eigenvalue weighted by molar-refractivity contribution is -0.120. The average Bonchev–Trinajstić information content (AvgIpc) is 2.37. The number of hydrogen-bond donors (Lipinski definition) is 1. The van der Waals surface area contributed by atoms with E-state index in [0.29, 0.717) is 11.3 Å². The van der Waals surface area contributed by atoms with E-state index in [1.807, 2.05) is 12.1 Å². The standard InChI is InChI=1S/C15H17N3O/c1-15(2)7-4-8-18-11-6-3-5-10(9-16)12(11)17-14(19)13(15)18/h3,5-6,13H,4,7-8H2,1-2H3,(H,17,19). The number of fused-ring (bicyclic) bond motifs is 3. The lowest BCUT2D eigenvalue weighted by atomic mass is 9.74. The van der Waals surface area contributed by atoms with Crippen LogP contribution in [-0.4, -0.2) is 18.5 Å². The smallest absolute Gasteiger partial charge is 0.247 e. The Kier molecular flexibility index (Phi) is 2.53. The van der Waals surface area contributed by atoms with E-state index in [9.17, 15) is 4.79 Å². The van der Waals surface area contributed by atoms with Crippen molar-refractivity contribution in [3.05, 3.63) is 23.8 Å². The third-order valence-electron chi connectivity index (χ3n) is 4.24. The van der Waals surface area contributed by atoms with E-state index in [1.54, 1.807) is 6.07 Å². The largest absolute Gasteiger partial charge is 0.357 e. The number of carbonyl (C=O) groups is 1. The minimum Gasteiger partial charge on any atom is -0.357 e. The third-order valence-corrected chi connectivity index (χ3v) is 4.24. The summed E-state index contributed by atoms with van der Waals surface area (Å²) in [6.07, 6.45) is 2.13. The molecular formula is C15H17N3O. The van der Waals surface area contributed by atoms with Crippen LogP contribution in [0.15, 0.2) is 18.2 Å². The summed E-state index contributed by atoms with van der Waals surface area (Å²) in [5.41, 5.74) is 2.15. The Balaban J connectivity index is 2.15. The van der Waals surface area contributed by atoms with Crippen LogP contribution in [0.5, 0.6) is 0 Å². The van der Waals surface area contributed by atoms with E-state index in [0.717, 1.165) is 25.1 Å². The summed E-state index contributed by atoms with van der Waals surface area (Å²) >= 11 is 0. The fraction of sp³-hybridized carbons (Fsp3) is 0.467. The molecule has 0 spiro atoms. The lowest BCUT2D eigenvalue weighted by Gasteiger charge is -2.49. The molecule has 3 rings (SSSR count). The molecule has 2 aliphatic heterocycles. The van der Waals surface area contributed by atoms with Crippen molar-refractivity contribution in [3.8, 4) is 6.07 Å². The molecule has 0 aliphatic carbocycles. The number of nitriles is 1. The summed E-state index contributed by atoms with van der Waals surface area (Å²) in [5.74, 6) is 0.0138. The van der Waals surface area contributed by atoms with E-state index < -0.39 is 0 Å². The Morgan fingerprint density at radius 3 is 3.00 bits per heavy atom. The zero-order chi connectivity index (χ0) is 13.6. The first kappa shape index (κ1) is 12.0. The van der Waals surface area contributed by atoms with Gasteiger partial charge in [0.2, 0.25) is 5.91 Å². The summed E-state index contributed by atoms with van der Waals surface area (Å²) in [6, 6.07) is 7.63. The molecule has 1 saturated heterocycles. The van der Waals surface area contributed by atoms with Gasteiger partial charge in [-0.05, 0) is 30.4 Å². The van der Waals surface area contributed by atoms with Crippen LogP contribution in [0.3, 0.4) is 0 Å². The molecule has 1 atom stereocenters. The Morgan fingerprint density at radius 1 is 1.47 bits per heavy atom. The molecule has 2 aliphatic rings. The highest BCUT2D eigenvalue weighted by Gasteiger charge is 2.45. The van der Waals surface area contributed by atoms with Gasteiger partial charge in [0.15, 0.2) is 0 Å². The van der Waals surface area contributed by atoms with Crippen LogP contribution in [0.2, 0.25) is 0 Å². The minimum absolute atomic E-state index is 0.0138. The van der Waals surface area contributed by atoms with Gasteiger partial charge in [-0.25, -0.2) is 0 Å². The van der Waals surface area contributed by atoms with Gasteiger partial charge in [0.05, 0.1) is 16.9 Å². The molecule has 0 bridgehead atoms. The molecule has 1 unspecified atom stereocenters. The van der Waals surface area contributed by atoms with Gasteiger partial charge in [-0.15, -0.1) is 0 Å². The van der Waals surface area contributed by atoms with Crippen molar-refractivity contribution < 1.29 is 4.79 Å². The highest BCUT2D eigenvalue weighted by molar-refractivity contribution is 6.05. The van der Waals surface area contributed by atoms with Gasteiger partial charge < -0.3 is 10.2 Å². The predicted molar refractivity (Wildman–Crippen MR) is 73.9 cm³/mol. The number of benzene rings is 1. The highest BCUT2D eigenvalue weighted by atomic mass is 16.2. The second-order valence-electron chi connectivity index (χ2n) is 5.99. The molecule has 0 radical (unpaired) electrons. The normalized spacial score (nSPS) is 23.9. The summed E-state index contributed by atoms with van der Waals surface area (Å²) in [4.78, 5) is 14.6. The van der Waals surface area contributed by atoms with E-state index >= 15 is 0 Å². The molecule has 0 saturated carbocycles. The van der Waals surface area contributed by atoms with Crippen LogP contribution in [0, 0.1) is 16.7 Å². The number of amides is 1. The summed E-state index contributed by atoms with van der Waals surface area (Å²) in [6.45, 7) is 5.16. The molecular weight excluding hydrogens is 238 g/mol. The van der Waals surface area contributed by atoms with Gasteiger partial charge in [-0.2, -0.15) is 5.26 Å². The summed E-state index contributed by atoms with van der Waals surface area (Å²) in [7, 11) is 0. The van der Waals surface area contributed by atoms with Crippen molar-refractivity contribution in [1.82, 2.24) is 0 Å². The number of hydrogen-bond acceptors (Lipinski definition) is 3. The molecule has 2 heterocycles. The number of piperidine rings is 1. The number of para-hydroxylation sites is 1. The van der Waals surface area contributed by atoms with Crippen LogP contribution in [-0.2, 0) is 4.79 Å². The Bertz CT molecular complexity index is 586. The molecule has 19 heavy (non-hydrogen) atoms. The molecule has 0 aromatic heterocycles. The second-order valence-corrected chi connectivity index (χ2v) is 5.99. The topological polar surface area (TPSA) is 56.1 Å². The van der Waals surface area contributed by atoms with Gasteiger partial charge in [-0.3, -0.25) is 4.79 Å². The first-order chi connectivity index (χ1) is 9.04. The molecule has 1 aromatic rings. The minimum atomic E-state index is -0.136. The molecule has 4 nitrogen and oxygen atoms in total. The molecule has 1 amide bonds. The zero-order valence-corrected chi connectivity index (χ0v) is 11.2. The van der Waals surface area contributed by atoms with Gasteiger partial charge >= 0.3 is 0 Å². The fourth-order valence-corrected chi connectivity index (χ4v) is 3.34. The van der Waals surface area contributed by atoms with E-state index in [2.05, 4.69) is 30.1 Å². The van der Waals surface area contributed by atoms with Crippen molar-refractivity contribution in [2.24, 2.45) is 5.41 Å². The van der Waals surface area contributed by atoms with Crippen LogP contribution < -0.4 is 10.2 Å². The van der Waals surface area contributed by atoms with Crippen molar-refractivity contribution in [3.63, 3.8) is 0 Å². The zero-order valence-electron chi connectivity index (χ0n) is 11.2. The molecule has 1 fully saturated rings. The first-order valence-electron chi connectivity index (χ1n) is 6.65. The van der Waals surface area contributed by atoms with Crippen LogP contribution in [0.25, 0.3) is 0 Å². The Labute approximate surface area is 113 Å². The number of nitrogens with one attached hydrogen (secondary N) is 1. The van der Waals surface area contributed by atoms with Crippen molar-refractivity contribution in [2.45, 2.75) is 32.7 Å². The van der Waals surface area contributed by atoms with E-state index in [4.69, 9.17) is 5.26 Å². The maximum Gasteiger partial charge on any atom is 0.247 e. The first-order valence-corrected chi connectivity index (χ1v) is 6.65. The van der Waals surface area contributed by atoms with Crippen LogP contribution >= 0.6 is 0 Å². The summed E-state index contributed by atoms with van der Waals surface area (Å²) < 4.78 is 0. The van der Waals surface area contributed by atoms with E-state index in [-0.39, 0.29) is 17.4 Å². The monoisotopic (exact) mass is 255 g/mol. The van der Waals surface area contributed by atoms with Gasteiger partial charge in [0.1, 0.15) is 12.1 Å². The average molecular weight is 255 g/mol. The number of anilines is 2. The fourth-order valence-electron chi connectivity index (χ4n) is 3.34. The maximum absolute atomic E-state index is 12.4. The quantitative estimate of drug-likeness (QED) is 0.775. The van der Waals surface area contributed by atoms with Gasteiger partial charge in [0, 0.05) is 6.54 Å². The lowest BCUT2D eigenvalue weighted by Crippen LogP contribution is -2.58. The molecule has 1 N–H and O–H groups in total. The van der Waals surface area contributed by atoms with Crippen LogP contribution in [0.1, 0.15) is 32.3 Å². The highest BCUT2D eigenvalue weighted by Crippen LogP contribution is 2.44. The maximum atomic E-state index is 12.4. The Morgan fingerprint density at radius 2 is 2.26 bits per heavy atom. The molecule has 1 aromatic carbocycles. The van der Waals surface area contributed by atoms with Crippen molar-refractivity contribution in [1.29, 1.82) is 5.26 Å². The van der Waals surface area contributed by atoms with Gasteiger partial charge in [-0.1, -0.05) is 19.9 Å². The predicted octanol–water partition coefficient (Wildman–Crippen LogP) is 2.51. The molecule has 98 valence electrons. The summed E-state index contributed by atoms with van der Waals surface area (Å²) in [5, 5.41) is 12.1. The SMILES string of the molecule is CC1(C)CCCN2c3cccc(C#N)c3NC(=O)C21. The molecule has 4 heteroatoms. The van der Waals surface area contributed by atoms with Crippen molar-refractivity contribution >= 4 is 17.3 Å². The Hall–Kier alpha value is -2.02. The van der Waals surface area contributed by atoms with Crippen molar-refractivity contribution in [2.75, 3.05) is 16.8 Å². The van der Waals surface area contributed by atoms with Gasteiger partial charge in [0.25, 0.3) is 0 Å². The number of rotatable bonds is 0. The van der Waals surface area contributed by atoms with Crippen LogP contribution in [0.4, 0.5) is 11.4 Å². The second kappa shape index (κ2) is 3.99.